The molecule has 0 radical (unpaired) electrons. The van der Waals surface area contributed by atoms with Gasteiger partial charge in [-0.25, -0.2) is 4.39 Å². The highest BCUT2D eigenvalue weighted by Crippen LogP contribution is 2.26. The summed E-state index contributed by atoms with van der Waals surface area (Å²) in [6.45, 7) is 0. The third-order valence-electron chi connectivity index (χ3n) is 2.62. The lowest BCUT2D eigenvalue weighted by Gasteiger charge is -2.13. The largest absolute Gasteiger partial charge is 0.472 e. The molecule has 3 N–H and O–H groups in total. The normalized spacial score (nSPS) is 11.1. The van der Waals surface area contributed by atoms with Gasteiger partial charge in [0.2, 0.25) is 0 Å². The zero-order valence-electron chi connectivity index (χ0n) is 10.9. The van der Waals surface area contributed by atoms with Crippen molar-refractivity contribution in [1.82, 2.24) is 15.9 Å². The van der Waals surface area contributed by atoms with Crippen LogP contribution in [-0.4, -0.2) is 17.1 Å². The summed E-state index contributed by atoms with van der Waals surface area (Å²) in [5.74, 6) is -2.90. The first-order valence-corrected chi connectivity index (χ1v) is 5.96. The molecule has 0 bridgehead atoms. The summed E-state index contributed by atoms with van der Waals surface area (Å²) in [6, 6.07) is 7.48. The zero-order chi connectivity index (χ0) is 16.2. The second kappa shape index (κ2) is 6.39. The average molecular weight is 314 g/mol. The number of amides is 1. The van der Waals surface area contributed by atoms with Crippen molar-refractivity contribution in [3.05, 3.63) is 48.5 Å². The molecule has 2 rings (SSSR count). The fourth-order valence-electron chi connectivity index (χ4n) is 1.61. The number of hydrogen-bond acceptors (Lipinski definition) is 4. The Kier molecular flexibility index (Phi) is 4.56. The lowest BCUT2D eigenvalue weighted by atomic mass is 10.1. The Morgan fingerprint density at radius 2 is 1.77 bits per heavy atom. The van der Waals surface area contributed by atoms with E-state index in [1.807, 2.05) is 0 Å². The number of halogens is 4. The molecule has 2 aromatic rings. The van der Waals surface area contributed by atoms with Crippen molar-refractivity contribution in [2.75, 3.05) is 5.43 Å². The number of hydrogen-bond donors (Lipinski definition) is 3. The summed E-state index contributed by atoms with van der Waals surface area (Å²) in [4.78, 5) is 14.4. The van der Waals surface area contributed by atoms with Crippen molar-refractivity contribution < 1.29 is 22.4 Å². The number of hydrazine groups is 2. The molecule has 5 nitrogen and oxygen atoms in total. The van der Waals surface area contributed by atoms with Crippen LogP contribution in [0.3, 0.4) is 0 Å². The molecule has 0 spiro atoms. The zero-order valence-corrected chi connectivity index (χ0v) is 10.9. The van der Waals surface area contributed by atoms with E-state index in [1.165, 1.54) is 36.0 Å². The molecule has 0 saturated heterocycles. The van der Waals surface area contributed by atoms with E-state index in [9.17, 15) is 22.4 Å². The molecule has 0 aliphatic heterocycles. The average Bonchev–Trinajstić information content (AvgIpc) is 2.49. The second-order valence-electron chi connectivity index (χ2n) is 4.10. The van der Waals surface area contributed by atoms with Crippen LogP contribution in [-0.2, 0) is 4.79 Å². The first kappa shape index (κ1) is 15.7. The number of nitrogens with zero attached hydrogens (tertiary/aromatic N) is 1. The van der Waals surface area contributed by atoms with Gasteiger partial charge < -0.3 is 5.43 Å². The number of benzene rings is 1. The number of aromatic nitrogens is 1. The maximum atomic E-state index is 14.3. The molecule has 1 aromatic heterocycles. The van der Waals surface area contributed by atoms with Gasteiger partial charge >= 0.3 is 12.1 Å². The Hall–Kier alpha value is -2.68. The van der Waals surface area contributed by atoms with Crippen LogP contribution in [0.25, 0.3) is 11.1 Å². The monoisotopic (exact) mass is 314 g/mol. The predicted octanol–water partition coefficient (Wildman–Crippen LogP) is 2.40. The standard InChI is InChI=1S/C13H10F4N4O/c14-11-9(8-4-6-18-7-5-8)2-1-3-10(11)19-21-20-12(22)13(15,16)17/h1-7,19,21H,(H,20,22). The smallest absolute Gasteiger partial charge is 0.301 e. The van der Waals surface area contributed by atoms with Crippen molar-refractivity contribution in [2.45, 2.75) is 6.18 Å². The van der Waals surface area contributed by atoms with Crippen molar-refractivity contribution in [3.8, 4) is 11.1 Å². The van der Waals surface area contributed by atoms with Gasteiger partial charge in [-0.3, -0.25) is 15.2 Å². The van der Waals surface area contributed by atoms with Gasteiger partial charge in [-0.15, -0.1) is 5.53 Å². The molecular weight excluding hydrogens is 304 g/mol. The van der Waals surface area contributed by atoms with Crippen LogP contribution in [0.4, 0.5) is 23.2 Å². The molecule has 1 aromatic carbocycles. The molecule has 0 atom stereocenters. The van der Waals surface area contributed by atoms with Gasteiger partial charge in [0.1, 0.15) is 0 Å². The molecule has 0 saturated carbocycles. The first-order valence-electron chi connectivity index (χ1n) is 5.96. The molecule has 0 aliphatic rings. The summed E-state index contributed by atoms with van der Waals surface area (Å²) in [7, 11) is 0. The predicted molar refractivity (Wildman–Crippen MR) is 70.6 cm³/mol. The van der Waals surface area contributed by atoms with Crippen LogP contribution in [0.15, 0.2) is 42.7 Å². The van der Waals surface area contributed by atoms with Gasteiger partial charge in [-0.05, 0) is 23.8 Å². The molecule has 0 unspecified atom stereocenters. The summed E-state index contributed by atoms with van der Waals surface area (Å²) in [5, 5.41) is 0. The lowest BCUT2D eigenvalue weighted by Crippen LogP contribution is -2.47. The van der Waals surface area contributed by atoms with Crippen LogP contribution in [0.5, 0.6) is 0 Å². The highest BCUT2D eigenvalue weighted by Gasteiger charge is 2.38. The van der Waals surface area contributed by atoms with Gasteiger partial charge in [0.05, 0.1) is 5.69 Å². The van der Waals surface area contributed by atoms with Crippen LogP contribution < -0.4 is 16.4 Å². The highest BCUT2D eigenvalue weighted by molar-refractivity contribution is 5.81. The Morgan fingerprint density at radius 3 is 2.41 bits per heavy atom. The van der Waals surface area contributed by atoms with Crippen LogP contribution in [0.2, 0.25) is 0 Å². The quantitative estimate of drug-likeness (QED) is 0.599. The first-order chi connectivity index (χ1) is 10.4. The van der Waals surface area contributed by atoms with Crippen molar-refractivity contribution >= 4 is 11.6 Å². The van der Waals surface area contributed by atoms with E-state index in [1.54, 1.807) is 17.7 Å². The maximum absolute atomic E-state index is 14.3. The third kappa shape index (κ3) is 3.70. The van der Waals surface area contributed by atoms with E-state index >= 15 is 0 Å². The highest BCUT2D eigenvalue weighted by atomic mass is 19.4. The third-order valence-corrected chi connectivity index (χ3v) is 2.62. The van der Waals surface area contributed by atoms with Gasteiger partial charge in [-0.1, -0.05) is 12.1 Å². The number of pyridine rings is 1. The number of nitrogens with one attached hydrogen (secondary N) is 3. The summed E-state index contributed by atoms with van der Waals surface area (Å²) in [6.07, 6.45) is -2.07. The fraction of sp³-hybridized carbons (Fsp3) is 0.0769. The maximum Gasteiger partial charge on any atom is 0.472 e. The molecule has 0 aliphatic carbocycles. The Morgan fingerprint density at radius 1 is 1.09 bits per heavy atom. The van der Waals surface area contributed by atoms with E-state index in [2.05, 4.69) is 10.4 Å². The summed E-state index contributed by atoms with van der Waals surface area (Å²) < 4.78 is 50.2. The fourth-order valence-corrected chi connectivity index (χ4v) is 1.61. The SMILES string of the molecule is O=C(NNNc1cccc(-c2ccncc2)c1F)C(F)(F)F. The Balaban J connectivity index is 2.09. The molecule has 9 heteroatoms. The number of carbonyl (C=O) groups excluding carboxylic acids is 1. The van der Waals surface area contributed by atoms with E-state index in [4.69, 9.17) is 0 Å². The minimum absolute atomic E-state index is 0.128. The number of alkyl halides is 3. The number of rotatable bonds is 4. The molecule has 1 heterocycles. The van der Waals surface area contributed by atoms with Gasteiger partial charge in [0, 0.05) is 18.0 Å². The van der Waals surface area contributed by atoms with Gasteiger partial charge in [-0.2, -0.15) is 13.2 Å². The van der Waals surface area contributed by atoms with Crippen molar-refractivity contribution in [1.29, 1.82) is 0 Å². The molecule has 22 heavy (non-hydrogen) atoms. The topological polar surface area (TPSA) is 66.1 Å². The van der Waals surface area contributed by atoms with Crippen LogP contribution in [0, 0.1) is 5.82 Å². The molecular formula is C13H10F4N4O. The Labute approximate surface area is 122 Å². The number of carbonyl (C=O) groups is 1. The van der Waals surface area contributed by atoms with Gasteiger partial charge in [0.15, 0.2) is 5.82 Å². The molecule has 1 amide bonds. The van der Waals surface area contributed by atoms with Gasteiger partial charge in [0.25, 0.3) is 0 Å². The Bertz CT molecular complexity index is 661. The number of anilines is 1. The van der Waals surface area contributed by atoms with E-state index in [0.29, 0.717) is 5.56 Å². The van der Waals surface area contributed by atoms with E-state index in [-0.39, 0.29) is 11.3 Å². The van der Waals surface area contributed by atoms with Crippen molar-refractivity contribution in [3.63, 3.8) is 0 Å². The van der Waals surface area contributed by atoms with E-state index < -0.39 is 17.9 Å². The minimum Gasteiger partial charge on any atom is -0.301 e. The molecule has 0 fully saturated rings. The minimum atomic E-state index is -5.04. The van der Waals surface area contributed by atoms with Crippen molar-refractivity contribution in [2.24, 2.45) is 0 Å². The van der Waals surface area contributed by atoms with Crippen LogP contribution >= 0.6 is 0 Å². The lowest BCUT2D eigenvalue weighted by molar-refractivity contribution is -0.174. The summed E-state index contributed by atoms with van der Waals surface area (Å²) >= 11 is 0. The van der Waals surface area contributed by atoms with Crippen LogP contribution in [0.1, 0.15) is 0 Å². The van der Waals surface area contributed by atoms with E-state index in [0.717, 1.165) is 0 Å². The second-order valence-corrected chi connectivity index (χ2v) is 4.10. The molecule has 116 valence electrons. The summed E-state index contributed by atoms with van der Waals surface area (Å²) in [5.41, 5.74) is 5.97.